The molecule has 1 aliphatic heterocycles. The molecule has 3 heterocycles. The van der Waals surface area contributed by atoms with E-state index in [-0.39, 0.29) is 24.6 Å². The summed E-state index contributed by atoms with van der Waals surface area (Å²) in [6.45, 7) is 4.36. The summed E-state index contributed by atoms with van der Waals surface area (Å²) in [5.74, 6) is -0.276. The number of carbonyl (C=O) groups is 1. The Morgan fingerprint density at radius 1 is 1.42 bits per heavy atom. The zero-order valence-corrected chi connectivity index (χ0v) is 15.2. The van der Waals surface area contributed by atoms with Crippen LogP contribution < -0.4 is 5.32 Å². The predicted molar refractivity (Wildman–Crippen MR) is 97.8 cm³/mol. The highest BCUT2D eigenvalue weighted by Crippen LogP contribution is 2.40. The minimum atomic E-state index is -0.276. The van der Waals surface area contributed by atoms with Crippen molar-refractivity contribution in [3.63, 3.8) is 0 Å². The van der Waals surface area contributed by atoms with Gasteiger partial charge in [-0.3, -0.25) is 9.78 Å². The summed E-state index contributed by atoms with van der Waals surface area (Å²) in [6, 6.07) is 9.83. The molecule has 2 aromatic rings. The van der Waals surface area contributed by atoms with Crippen molar-refractivity contribution in [3.05, 3.63) is 52.0 Å². The second-order valence-corrected chi connectivity index (χ2v) is 7.21. The minimum absolute atomic E-state index is 0.0736. The fraction of sp³-hybridized carbons (Fsp3) is 0.353. The largest absolute Gasteiger partial charge is 0.465 e. The van der Waals surface area contributed by atoms with E-state index in [9.17, 15) is 4.79 Å². The van der Waals surface area contributed by atoms with E-state index in [0.717, 1.165) is 10.6 Å². The first kappa shape index (κ1) is 16.9. The summed E-state index contributed by atoms with van der Waals surface area (Å²) in [5.41, 5.74) is 0.905. The number of hydrogen-bond acceptors (Lipinski definition) is 5. The lowest BCUT2D eigenvalue weighted by Gasteiger charge is -2.25. The Labute approximate surface area is 150 Å². The molecule has 7 heteroatoms. The van der Waals surface area contributed by atoms with Gasteiger partial charge in [0, 0.05) is 16.0 Å². The molecule has 0 aromatic carbocycles. The average Bonchev–Trinajstić information content (AvgIpc) is 3.13. The van der Waals surface area contributed by atoms with Crippen molar-refractivity contribution in [3.8, 4) is 0 Å². The van der Waals surface area contributed by atoms with E-state index in [4.69, 9.17) is 17.0 Å². The number of esters is 1. The molecule has 1 N–H and O–H groups in total. The third-order valence-corrected chi connectivity index (χ3v) is 5.28. The number of thiocarbonyl (C=S) groups is 1. The number of nitrogens with zero attached hydrogens (tertiary/aromatic N) is 2. The lowest BCUT2D eigenvalue weighted by Crippen LogP contribution is -2.35. The summed E-state index contributed by atoms with van der Waals surface area (Å²) in [4.78, 5) is 20.7. The molecule has 0 aliphatic carbocycles. The molecular weight excluding hydrogens is 342 g/mol. The van der Waals surface area contributed by atoms with Crippen LogP contribution in [0.2, 0.25) is 0 Å². The van der Waals surface area contributed by atoms with Crippen molar-refractivity contribution in [2.24, 2.45) is 0 Å². The second-order valence-electron chi connectivity index (χ2n) is 5.51. The second kappa shape index (κ2) is 7.27. The van der Waals surface area contributed by atoms with Gasteiger partial charge in [0.15, 0.2) is 5.11 Å². The minimum Gasteiger partial charge on any atom is -0.465 e. The van der Waals surface area contributed by atoms with Gasteiger partial charge in [-0.05, 0) is 50.3 Å². The van der Waals surface area contributed by atoms with Crippen molar-refractivity contribution >= 4 is 34.6 Å². The SMILES string of the molecule is CCOC(=O)CN1C(=S)N[C@H](c2ccccn2)[C@@H]1c1ccc(C)s1. The van der Waals surface area contributed by atoms with Gasteiger partial charge in [-0.2, -0.15) is 0 Å². The molecular formula is C17H19N3O2S2. The van der Waals surface area contributed by atoms with Crippen LogP contribution in [0.4, 0.5) is 0 Å². The topological polar surface area (TPSA) is 54.5 Å². The molecule has 2 atom stereocenters. The number of aromatic nitrogens is 1. The average molecular weight is 361 g/mol. The molecule has 126 valence electrons. The molecule has 1 saturated heterocycles. The Kier molecular flexibility index (Phi) is 5.11. The summed E-state index contributed by atoms with van der Waals surface area (Å²) in [6.07, 6.45) is 1.77. The number of hydrogen-bond donors (Lipinski definition) is 1. The van der Waals surface area contributed by atoms with Gasteiger partial charge in [-0.1, -0.05) is 6.07 Å². The molecule has 0 spiro atoms. The van der Waals surface area contributed by atoms with Crippen LogP contribution in [0.15, 0.2) is 36.5 Å². The number of pyridine rings is 1. The van der Waals surface area contributed by atoms with E-state index in [1.165, 1.54) is 4.88 Å². The maximum absolute atomic E-state index is 12.0. The smallest absolute Gasteiger partial charge is 0.325 e. The normalized spacial score (nSPS) is 20.1. The van der Waals surface area contributed by atoms with Crippen molar-refractivity contribution < 1.29 is 9.53 Å². The van der Waals surface area contributed by atoms with Gasteiger partial charge in [-0.15, -0.1) is 11.3 Å². The van der Waals surface area contributed by atoms with Gasteiger partial charge < -0.3 is 15.0 Å². The Bertz CT molecular complexity index is 732. The van der Waals surface area contributed by atoms with Crippen molar-refractivity contribution in [2.45, 2.75) is 25.9 Å². The lowest BCUT2D eigenvalue weighted by atomic mass is 10.0. The molecule has 0 bridgehead atoms. The number of aryl methyl sites for hydroxylation is 1. The van der Waals surface area contributed by atoms with Gasteiger partial charge in [0.2, 0.25) is 0 Å². The highest BCUT2D eigenvalue weighted by molar-refractivity contribution is 7.80. The van der Waals surface area contributed by atoms with Crippen LogP contribution in [0.25, 0.3) is 0 Å². The van der Waals surface area contributed by atoms with E-state index >= 15 is 0 Å². The monoisotopic (exact) mass is 361 g/mol. The van der Waals surface area contributed by atoms with Crippen LogP contribution in [-0.4, -0.2) is 34.1 Å². The molecule has 3 rings (SSSR count). The predicted octanol–water partition coefficient (Wildman–Crippen LogP) is 2.99. The number of ether oxygens (including phenoxy) is 1. The number of rotatable bonds is 5. The fourth-order valence-electron chi connectivity index (χ4n) is 2.84. The first-order valence-electron chi connectivity index (χ1n) is 7.80. The Hall–Kier alpha value is -1.99. The quantitative estimate of drug-likeness (QED) is 0.653. The molecule has 24 heavy (non-hydrogen) atoms. The number of carbonyl (C=O) groups excluding carboxylic acids is 1. The van der Waals surface area contributed by atoms with Crippen LogP contribution in [0.3, 0.4) is 0 Å². The van der Waals surface area contributed by atoms with Gasteiger partial charge >= 0.3 is 5.97 Å². The fourth-order valence-corrected chi connectivity index (χ4v) is 4.18. The first-order valence-corrected chi connectivity index (χ1v) is 9.02. The van der Waals surface area contributed by atoms with Crippen molar-refractivity contribution in [2.75, 3.05) is 13.2 Å². The molecule has 1 fully saturated rings. The van der Waals surface area contributed by atoms with Crippen molar-refractivity contribution in [1.29, 1.82) is 0 Å². The van der Waals surface area contributed by atoms with Gasteiger partial charge in [0.25, 0.3) is 0 Å². The molecule has 0 unspecified atom stereocenters. The number of nitrogens with one attached hydrogen (secondary N) is 1. The zero-order valence-electron chi connectivity index (χ0n) is 13.6. The Morgan fingerprint density at radius 2 is 2.25 bits per heavy atom. The summed E-state index contributed by atoms with van der Waals surface area (Å²) in [7, 11) is 0. The van der Waals surface area contributed by atoms with Gasteiger partial charge in [-0.25, -0.2) is 0 Å². The molecule has 0 radical (unpaired) electrons. The van der Waals surface area contributed by atoms with Crippen LogP contribution in [0, 0.1) is 6.92 Å². The van der Waals surface area contributed by atoms with Gasteiger partial charge in [0.05, 0.1) is 24.4 Å². The summed E-state index contributed by atoms with van der Waals surface area (Å²) < 4.78 is 5.10. The lowest BCUT2D eigenvalue weighted by molar-refractivity contribution is -0.143. The molecule has 2 aromatic heterocycles. The standard InChI is InChI=1S/C17H19N3O2S2/c1-3-22-14(21)10-20-16(13-8-7-11(2)24-13)15(19-17(20)23)12-6-4-5-9-18-12/h4-9,15-16H,3,10H2,1-2H3,(H,19,23)/t15-,16+/m1/s1. The van der Waals surface area contributed by atoms with E-state index in [2.05, 4.69) is 29.4 Å². The van der Waals surface area contributed by atoms with E-state index < -0.39 is 0 Å². The van der Waals surface area contributed by atoms with E-state index in [1.807, 2.05) is 23.1 Å². The van der Waals surface area contributed by atoms with E-state index in [1.54, 1.807) is 24.5 Å². The molecule has 5 nitrogen and oxygen atoms in total. The maximum Gasteiger partial charge on any atom is 0.325 e. The van der Waals surface area contributed by atoms with Crippen LogP contribution in [-0.2, 0) is 9.53 Å². The summed E-state index contributed by atoms with van der Waals surface area (Å²) in [5, 5.41) is 3.87. The Balaban J connectivity index is 1.95. The molecule has 1 aliphatic rings. The maximum atomic E-state index is 12.0. The van der Waals surface area contributed by atoms with Crippen LogP contribution >= 0.6 is 23.6 Å². The Morgan fingerprint density at radius 3 is 2.88 bits per heavy atom. The van der Waals surface area contributed by atoms with Crippen molar-refractivity contribution in [1.82, 2.24) is 15.2 Å². The number of thiophene rings is 1. The third kappa shape index (κ3) is 3.42. The highest BCUT2D eigenvalue weighted by Gasteiger charge is 2.41. The van der Waals surface area contributed by atoms with Crippen LogP contribution in [0.5, 0.6) is 0 Å². The summed E-state index contributed by atoms with van der Waals surface area (Å²) >= 11 is 7.20. The van der Waals surface area contributed by atoms with Crippen LogP contribution in [0.1, 0.15) is 34.5 Å². The third-order valence-electron chi connectivity index (χ3n) is 3.86. The van der Waals surface area contributed by atoms with Gasteiger partial charge in [0.1, 0.15) is 6.54 Å². The zero-order chi connectivity index (χ0) is 17.1. The first-order chi connectivity index (χ1) is 11.6. The highest BCUT2D eigenvalue weighted by atomic mass is 32.1. The molecule has 0 amide bonds. The van der Waals surface area contributed by atoms with E-state index in [0.29, 0.717) is 11.7 Å². The molecule has 0 saturated carbocycles.